The highest BCUT2D eigenvalue weighted by Gasteiger charge is 2.19. The van der Waals surface area contributed by atoms with Crippen LogP contribution in [0.1, 0.15) is 36.0 Å². The molecule has 0 saturated carbocycles. The summed E-state index contributed by atoms with van der Waals surface area (Å²) >= 11 is 0. The van der Waals surface area contributed by atoms with Crippen molar-refractivity contribution < 1.29 is 15.1 Å². The van der Waals surface area contributed by atoms with E-state index in [4.69, 9.17) is 0 Å². The number of carbonyl (C=O) groups excluding carboxylic acids is 1. The molecule has 0 saturated heterocycles. The van der Waals surface area contributed by atoms with E-state index in [1.54, 1.807) is 31.2 Å². The van der Waals surface area contributed by atoms with E-state index in [9.17, 15) is 15.1 Å². The Morgan fingerprint density at radius 2 is 1.62 bits per heavy atom. The highest BCUT2D eigenvalue weighted by molar-refractivity contribution is 5.87. The van der Waals surface area contributed by atoms with Crippen LogP contribution in [0, 0.1) is 0 Å². The first-order valence-electron chi connectivity index (χ1n) is 8.07. The van der Waals surface area contributed by atoms with Gasteiger partial charge in [0.2, 0.25) is 0 Å². The van der Waals surface area contributed by atoms with E-state index in [0.717, 1.165) is 23.1 Å². The monoisotopic (exact) mass is 323 g/mol. The molecule has 0 aromatic heterocycles. The van der Waals surface area contributed by atoms with Gasteiger partial charge in [0, 0.05) is 13.1 Å². The molecule has 0 radical (unpaired) electrons. The van der Waals surface area contributed by atoms with Crippen LogP contribution in [0.15, 0.2) is 54.6 Å². The smallest absolute Gasteiger partial charge is 0.141 e. The fraction of sp³-hybridized carbons (Fsp3) is 0.250. The minimum absolute atomic E-state index is 0.0706. The molecule has 4 heteroatoms. The summed E-state index contributed by atoms with van der Waals surface area (Å²) in [5, 5.41) is 20.2. The number of ketones is 1. The molecule has 0 spiro atoms. The quantitative estimate of drug-likeness (QED) is 0.902. The zero-order valence-corrected chi connectivity index (χ0v) is 13.6. The van der Waals surface area contributed by atoms with Gasteiger partial charge in [0.25, 0.3) is 0 Å². The Morgan fingerprint density at radius 1 is 1.04 bits per heavy atom. The largest absolute Gasteiger partial charge is 0.508 e. The van der Waals surface area contributed by atoms with Crippen molar-refractivity contribution >= 4 is 11.4 Å². The first-order valence-corrected chi connectivity index (χ1v) is 8.07. The Balaban J connectivity index is 1.87. The van der Waals surface area contributed by atoms with Gasteiger partial charge in [0.05, 0.1) is 5.92 Å². The maximum Gasteiger partial charge on any atom is 0.141 e. The lowest BCUT2D eigenvalue weighted by Crippen LogP contribution is -2.24. The van der Waals surface area contributed by atoms with Crippen LogP contribution in [0.3, 0.4) is 0 Å². The second-order valence-corrected chi connectivity index (χ2v) is 6.15. The third kappa shape index (κ3) is 3.55. The number of benzene rings is 2. The van der Waals surface area contributed by atoms with Gasteiger partial charge in [0.1, 0.15) is 11.5 Å². The van der Waals surface area contributed by atoms with Gasteiger partial charge in [-0.3, -0.25) is 4.79 Å². The summed E-state index contributed by atoms with van der Waals surface area (Å²) in [4.78, 5) is 12.1. The van der Waals surface area contributed by atoms with Gasteiger partial charge in [-0.1, -0.05) is 42.5 Å². The number of hydroxylamine groups is 2. The minimum atomic E-state index is -0.326. The third-order valence-electron chi connectivity index (χ3n) is 4.44. The van der Waals surface area contributed by atoms with Crippen LogP contribution in [-0.2, 0) is 4.79 Å². The van der Waals surface area contributed by atoms with Gasteiger partial charge in [-0.05, 0) is 47.7 Å². The summed E-state index contributed by atoms with van der Waals surface area (Å²) in [5.41, 5.74) is 4.16. The lowest BCUT2D eigenvalue weighted by atomic mass is 9.87. The number of nitrogens with zero attached hydrogens (tertiary/aromatic N) is 1. The van der Waals surface area contributed by atoms with Crippen molar-refractivity contribution in [1.82, 2.24) is 5.06 Å². The van der Waals surface area contributed by atoms with Crippen LogP contribution in [0.25, 0.3) is 5.57 Å². The second kappa shape index (κ2) is 6.99. The summed E-state index contributed by atoms with van der Waals surface area (Å²) in [7, 11) is 0. The molecular formula is C20H21NO3. The van der Waals surface area contributed by atoms with Crippen LogP contribution in [0.4, 0.5) is 0 Å². The van der Waals surface area contributed by atoms with Crippen LogP contribution in [0.2, 0.25) is 0 Å². The Bertz CT molecular complexity index is 747. The molecule has 1 heterocycles. The fourth-order valence-electron chi connectivity index (χ4n) is 3.14. The molecule has 0 bridgehead atoms. The highest BCUT2D eigenvalue weighted by Crippen LogP contribution is 2.29. The van der Waals surface area contributed by atoms with Gasteiger partial charge in [-0.2, -0.15) is 5.06 Å². The van der Waals surface area contributed by atoms with Crippen molar-refractivity contribution in [3.63, 3.8) is 0 Å². The first-order chi connectivity index (χ1) is 11.5. The molecule has 1 aliphatic rings. The second-order valence-electron chi connectivity index (χ2n) is 6.15. The Hall–Kier alpha value is -2.43. The molecule has 4 nitrogen and oxygen atoms in total. The number of carbonyl (C=O) groups is 1. The minimum Gasteiger partial charge on any atom is -0.508 e. The maximum absolute atomic E-state index is 12.1. The molecule has 3 rings (SSSR count). The van der Waals surface area contributed by atoms with E-state index in [-0.39, 0.29) is 17.5 Å². The molecule has 0 amide bonds. The van der Waals surface area contributed by atoms with Crippen LogP contribution in [-0.4, -0.2) is 34.2 Å². The van der Waals surface area contributed by atoms with Gasteiger partial charge in [-0.25, -0.2) is 0 Å². The van der Waals surface area contributed by atoms with Crippen LogP contribution < -0.4 is 0 Å². The Labute approximate surface area is 141 Å². The van der Waals surface area contributed by atoms with E-state index in [0.29, 0.717) is 13.1 Å². The van der Waals surface area contributed by atoms with E-state index >= 15 is 0 Å². The number of rotatable bonds is 4. The van der Waals surface area contributed by atoms with Crippen molar-refractivity contribution in [1.29, 1.82) is 0 Å². The summed E-state index contributed by atoms with van der Waals surface area (Å²) in [6.45, 7) is 2.77. The molecule has 2 aromatic rings. The van der Waals surface area contributed by atoms with Crippen LogP contribution >= 0.6 is 0 Å². The third-order valence-corrected chi connectivity index (χ3v) is 4.44. The predicted molar refractivity (Wildman–Crippen MR) is 93.0 cm³/mol. The molecule has 2 aromatic carbocycles. The molecule has 0 fully saturated rings. The van der Waals surface area contributed by atoms with Gasteiger partial charge in [0.15, 0.2) is 0 Å². The molecule has 1 atom stereocenters. The average Bonchev–Trinajstić information content (AvgIpc) is 2.58. The maximum atomic E-state index is 12.1. The summed E-state index contributed by atoms with van der Waals surface area (Å²) in [6, 6.07) is 14.8. The number of phenols is 1. The van der Waals surface area contributed by atoms with Crippen molar-refractivity contribution in [3.8, 4) is 5.75 Å². The lowest BCUT2D eigenvalue weighted by Gasteiger charge is -2.21. The van der Waals surface area contributed by atoms with Crippen molar-refractivity contribution in [3.05, 3.63) is 71.3 Å². The Kier molecular flexibility index (Phi) is 4.79. The molecule has 124 valence electrons. The fourth-order valence-corrected chi connectivity index (χ4v) is 3.14. The van der Waals surface area contributed by atoms with Crippen molar-refractivity contribution in [2.45, 2.75) is 19.3 Å². The van der Waals surface area contributed by atoms with Gasteiger partial charge >= 0.3 is 0 Å². The molecule has 0 aliphatic carbocycles. The SMILES string of the molecule is CC(=O)C(c1ccc(O)cc1)c1ccc(C2=CCN(O)CC2)cc1. The highest BCUT2D eigenvalue weighted by atomic mass is 16.5. The van der Waals surface area contributed by atoms with E-state index < -0.39 is 0 Å². The van der Waals surface area contributed by atoms with E-state index in [1.807, 2.05) is 30.3 Å². The molecule has 24 heavy (non-hydrogen) atoms. The number of Topliss-reactive ketones (excluding diaryl/α,β-unsaturated/α-hetero) is 1. The standard InChI is InChI=1S/C20H21NO3/c1-14(22)20(18-6-8-19(23)9-7-18)17-4-2-15(3-5-17)16-10-12-21(24)13-11-16/h2-10,20,23-24H,11-13H2,1H3. The summed E-state index contributed by atoms with van der Waals surface area (Å²) < 4.78 is 0. The number of hydrogen-bond acceptors (Lipinski definition) is 4. The number of hydrogen-bond donors (Lipinski definition) is 2. The van der Waals surface area contributed by atoms with Crippen molar-refractivity contribution in [2.24, 2.45) is 0 Å². The summed E-state index contributed by atoms with van der Waals surface area (Å²) in [5.74, 6) is -0.0623. The normalized spacial score (nSPS) is 16.5. The Morgan fingerprint density at radius 3 is 2.12 bits per heavy atom. The van der Waals surface area contributed by atoms with Gasteiger partial charge in [-0.15, -0.1) is 0 Å². The van der Waals surface area contributed by atoms with Crippen molar-refractivity contribution in [2.75, 3.05) is 13.1 Å². The molecular weight excluding hydrogens is 302 g/mol. The molecule has 2 N–H and O–H groups in total. The number of aromatic hydroxyl groups is 1. The van der Waals surface area contributed by atoms with Gasteiger partial charge < -0.3 is 10.3 Å². The number of phenolic OH excluding ortho intramolecular Hbond substituents is 1. The van der Waals surface area contributed by atoms with Crippen LogP contribution in [0.5, 0.6) is 5.75 Å². The average molecular weight is 323 g/mol. The summed E-state index contributed by atoms with van der Waals surface area (Å²) in [6.07, 6.45) is 2.84. The first kappa shape index (κ1) is 16.4. The zero-order chi connectivity index (χ0) is 17.1. The molecule has 1 unspecified atom stereocenters. The molecule has 1 aliphatic heterocycles. The van der Waals surface area contributed by atoms with E-state index in [2.05, 4.69) is 0 Å². The lowest BCUT2D eigenvalue weighted by molar-refractivity contribution is -0.117. The van der Waals surface area contributed by atoms with E-state index in [1.165, 1.54) is 10.6 Å². The predicted octanol–water partition coefficient (Wildman–Crippen LogP) is 3.59. The zero-order valence-electron chi connectivity index (χ0n) is 13.6. The topological polar surface area (TPSA) is 60.8 Å².